The van der Waals surface area contributed by atoms with Crippen molar-refractivity contribution in [1.29, 1.82) is 0 Å². The molecule has 124 valence electrons. The Labute approximate surface area is 143 Å². The first-order chi connectivity index (χ1) is 11.3. The first-order valence-corrected chi connectivity index (χ1v) is 9.41. The lowest BCUT2D eigenvalue weighted by atomic mass is 10.00. The molecule has 0 spiro atoms. The monoisotopic (exact) mass is 308 g/mol. The molecule has 2 rings (SSSR count). The predicted octanol–water partition coefficient (Wildman–Crippen LogP) is 6.88. The van der Waals surface area contributed by atoms with Gasteiger partial charge in [-0.05, 0) is 42.9 Å². The Kier molecular flexibility index (Phi) is 7.93. The molecule has 0 aromatic heterocycles. The number of benzene rings is 2. The second-order valence-corrected chi connectivity index (χ2v) is 6.85. The summed E-state index contributed by atoms with van der Waals surface area (Å²) in [5, 5.41) is 0. The van der Waals surface area contributed by atoms with Crippen LogP contribution in [0.3, 0.4) is 0 Å². The van der Waals surface area contributed by atoms with E-state index in [0.29, 0.717) is 0 Å². The number of aryl methyl sites for hydroxylation is 2. The fraction of sp³-hybridized carbons (Fsp3) is 0.478. The number of unbranched alkanes of at least 4 members (excludes halogenated alkanes) is 6. The van der Waals surface area contributed by atoms with E-state index in [0.717, 1.165) is 6.42 Å². The van der Waals surface area contributed by atoms with Crippen molar-refractivity contribution in [2.45, 2.75) is 71.6 Å². The quantitative estimate of drug-likeness (QED) is 0.420. The predicted molar refractivity (Wildman–Crippen MR) is 102 cm³/mol. The van der Waals surface area contributed by atoms with Crippen molar-refractivity contribution in [2.24, 2.45) is 0 Å². The van der Waals surface area contributed by atoms with Gasteiger partial charge in [0, 0.05) is 0 Å². The van der Waals surface area contributed by atoms with Gasteiger partial charge in [-0.25, -0.2) is 0 Å². The molecule has 0 aliphatic rings. The maximum atomic E-state index is 2.32. The minimum atomic E-state index is 1.04. The molecule has 0 fully saturated rings. The van der Waals surface area contributed by atoms with Gasteiger partial charge in [0.05, 0.1) is 0 Å². The van der Waals surface area contributed by atoms with Gasteiger partial charge >= 0.3 is 0 Å². The maximum Gasteiger partial charge on any atom is -0.00257 e. The van der Waals surface area contributed by atoms with Crippen molar-refractivity contribution in [2.75, 3.05) is 0 Å². The van der Waals surface area contributed by atoms with Gasteiger partial charge in [0.25, 0.3) is 0 Å². The zero-order chi connectivity index (χ0) is 16.3. The zero-order valence-corrected chi connectivity index (χ0v) is 15.0. The van der Waals surface area contributed by atoms with E-state index in [1.165, 1.54) is 73.6 Å². The van der Waals surface area contributed by atoms with Gasteiger partial charge in [-0.2, -0.15) is 0 Å². The highest BCUT2D eigenvalue weighted by molar-refractivity contribution is 5.30. The van der Waals surface area contributed by atoms with Crippen LogP contribution in [0.4, 0.5) is 0 Å². The smallest absolute Gasteiger partial charge is 0.00257 e. The van der Waals surface area contributed by atoms with Crippen LogP contribution in [0.1, 0.15) is 74.1 Å². The molecule has 0 nitrogen and oxygen atoms in total. The minimum absolute atomic E-state index is 1.04. The van der Waals surface area contributed by atoms with Crippen molar-refractivity contribution >= 4 is 0 Å². The molecule has 0 saturated heterocycles. The third-order valence-electron chi connectivity index (χ3n) is 4.58. The summed E-state index contributed by atoms with van der Waals surface area (Å²) in [5.41, 5.74) is 5.66. The molecular weight excluding hydrogens is 276 g/mol. The Bertz CT molecular complexity index is 551. The summed E-state index contributed by atoms with van der Waals surface area (Å²) in [7, 11) is 0. The molecule has 0 saturated carbocycles. The lowest BCUT2D eigenvalue weighted by Gasteiger charge is -2.06. The standard InChI is InChI=1S/C23H32/c1-3-4-5-6-7-8-9-12-21-14-16-22(17-15-21)19-23-13-10-11-20(2)18-23/h10-11,13-18H,3-9,12,19H2,1-2H3. The van der Waals surface area contributed by atoms with E-state index in [1.807, 2.05) is 0 Å². The van der Waals surface area contributed by atoms with Crippen molar-refractivity contribution in [3.63, 3.8) is 0 Å². The van der Waals surface area contributed by atoms with Crippen LogP contribution in [0.5, 0.6) is 0 Å². The summed E-state index contributed by atoms with van der Waals surface area (Å²) in [5.74, 6) is 0. The van der Waals surface area contributed by atoms with E-state index in [1.54, 1.807) is 0 Å². The fourth-order valence-electron chi connectivity index (χ4n) is 3.17. The lowest BCUT2D eigenvalue weighted by Crippen LogP contribution is -1.91. The Morgan fingerprint density at radius 3 is 2.00 bits per heavy atom. The van der Waals surface area contributed by atoms with E-state index in [4.69, 9.17) is 0 Å². The summed E-state index contributed by atoms with van der Waals surface area (Å²) in [6.07, 6.45) is 12.0. The average Bonchev–Trinajstić information content (AvgIpc) is 2.56. The Hall–Kier alpha value is -1.56. The summed E-state index contributed by atoms with van der Waals surface area (Å²) < 4.78 is 0. The van der Waals surface area contributed by atoms with Gasteiger partial charge in [-0.15, -0.1) is 0 Å². The molecule has 0 radical (unpaired) electrons. The van der Waals surface area contributed by atoms with Gasteiger partial charge < -0.3 is 0 Å². The normalized spacial score (nSPS) is 10.9. The molecule has 0 aliphatic heterocycles. The SMILES string of the molecule is CCCCCCCCCc1ccc(Cc2cccc(C)c2)cc1. The molecule has 23 heavy (non-hydrogen) atoms. The highest BCUT2D eigenvalue weighted by Gasteiger charge is 1.99. The Morgan fingerprint density at radius 2 is 1.30 bits per heavy atom. The van der Waals surface area contributed by atoms with E-state index < -0.39 is 0 Å². The second-order valence-electron chi connectivity index (χ2n) is 6.85. The number of hydrogen-bond donors (Lipinski definition) is 0. The van der Waals surface area contributed by atoms with Crippen LogP contribution < -0.4 is 0 Å². The van der Waals surface area contributed by atoms with Crippen LogP contribution in [0.2, 0.25) is 0 Å². The molecule has 0 amide bonds. The summed E-state index contributed by atoms with van der Waals surface area (Å²) in [6.45, 7) is 4.44. The Balaban J connectivity index is 1.70. The number of rotatable bonds is 10. The van der Waals surface area contributed by atoms with E-state index in [-0.39, 0.29) is 0 Å². The molecule has 0 aliphatic carbocycles. The van der Waals surface area contributed by atoms with Crippen molar-refractivity contribution in [1.82, 2.24) is 0 Å². The minimum Gasteiger partial charge on any atom is -0.0654 e. The van der Waals surface area contributed by atoms with E-state index in [2.05, 4.69) is 62.4 Å². The van der Waals surface area contributed by atoms with Gasteiger partial charge in [0.1, 0.15) is 0 Å². The average molecular weight is 309 g/mol. The van der Waals surface area contributed by atoms with Crippen LogP contribution >= 0.6 is 0 Å². The van der Waals surface area contributed by atoms with Gasteiger partial charge in [0.15, 0.2) is 0 Å². The molecular formula is C23H32. The summed E-state index contributed by atoms with van der Waals surface area (Å²) in [6, 6.07) is 18.1. The highest BCUT2D eigenvalue weighted by Crippen LogP contribution is 2.14. The molecule has 0 atom stereocenters. The molecule has 0 N–H and O–H groups in total. The third kappa shape index (κ3) is 7.03. The molecule has 2 aromatic rings. The third-order valence-corrected chi connectivity index (χ3v) is 4.58. The Morgan fingerprint density at radius 1 is 0.652 bits per heavy atom. The van der Waals surface area contributed by atoms with Gasteiger partial charge in [-0.3, -0.25) is 0 Å². The van der Waals surface area contributed by atoms with Crippen LogP contribution in [-0.4, -0.2) is 0 Å². The van der Waals surface area contributed by atoms with E-state index >= 15 is 0 Å². The largest absolute Gasteiger partial charge is 0.0654 e. The van der Waals surface area contributed by atoms with Crippen LogP contribution in [0, 0.1) is 6.92 Å². The summed E-state index contributed by atoms with van der Waals surface area (Å²) >= 11 is 0. The zero-order valence-electron chi connectivity index (χ0n) is 15.0. The topological polar surface area (TPSA) is 0 Å². The fourth-order valence-corrected chi connectivity index (χ4v) is 3.17. The van der Waals surface area contributed by atoms with Crippen LogP contribution in [0.15, 0.2) is 48.5 Å². The number of hydrogen-bond acceptors (Lipinski definition) is 0. The molecule has 0 unspecified atom stereocenters. The first-order valence-electron chi connectivity index (χ1n) is 9.41. The maximum absolute atomic E-state index is 2.32. The molecule has 0 bridgehead atoms. The molecule has 0 heterocycles. The van der Waals surface area contributed by atoms with Crippen molar-refractivity contribution in [3.05, 3.63) is 70.8 Å². The summed E-state index contributed by atoms with van der Waals surface area (Å²) in [4.78, 5) is 0. The van der Waals surface area contributed by atoms with Gasteiger partial charge in [-0.1, -0.05) is 99.5 Å². The van der Waals surface area contributed by atoms with Crippen molar-refractivity contribution in [3.8, 4) is 0 Å². The van der Waals surface area contributed by atoms with Crippen LogP contribution in [0.25, 0.3) is 0 Å². The molecule has 0 heteroatoms. The van der Waals surface area contributed by atoms with Crippen molar-refractivity contribution < 1.29 is 0 Å². The van der Waals surface area contributed by atoms with Crippen LogP contribution in [-0.2, 0) is 12.8 Å². The highest BCUT2D eigenvalue weighted by atomic mass is 14.0. The molecule has 2 aromatic carbocycles. The second kappa shape index (κ2) is 10.3. The van der Waals surface area contributed by atoms with E-state index in [9.17, 15) is 0 Å². The first kappa shape index (κ1) is 17.8. The lowest BCUT2D eigenvalue weighted by molar-refractivity contribution is 0.589. The van der Waals surface area contributed by atoms with Gasteiger partial charge in [0.2, 0.25) is 0 Å².